The molecule has 3 heteroatoms. The zero-order valence-corrected chi connectivity index (χ0v) is 11.6. The molecule has 1 saturated heterocycles. The Morgan fingerprint density at radius 1 is 1.40 bits per heavy atom. The third kappa shape index (κ3) is 6.54. The zero-order valence-electron chi connectivity index (χ0n) is 10.0. The van der Waals surface area contributed by atoms with Crippen molar-refractivity contribution >= 4 is 15.9 Å². The molecule has 0 aliphatic carbocycles. The lowest BCUT2D eigenvalue weighted by atomic mass is 10.1. The van der Waals surface area contributed by atoms with E-state index in [1.807, 2.05) is 0 Å². The molecular formula is C12H24BrNO. The topological polar surface area (TPSA) is 12.5 Å². The molecular weight excluding hydrogens is 254 g/mol. The molecule has 2 nitrogen and oxygen atoms in total. The number of likely N-dealkylation sites (tertiary alicyclic amines) is 1. The maximum absolute atomic E-state index is 5.63. The van der Waals surface area contributed by atoms with E-state index in [0.29, 0.717) is 4.83 Å². The fraction of sp³-hybridized carbons (Fsp3) is 1.00. The molecule has 15 heavy (non-hydrogen) atoms. The second-order valence-electron chi connectivity index (χ2n) is 4.84. The number of rotatable bonds is 6. The number of ether oxygens (including phenoxy) is 1. The minimum absolute atomic E-state index is 0.696. The monoisotopic (exact) mass is 277 g/mol. The second-order valence-corrected chi connectivity index (χ2v) is 6.13. The van der Waals surface area contributed by atoms with Gasteiger partial charge in [-0.15, -0.1) is 0 Å². The highest BCUT2D eigenvalue weighted by atomic mass is 79.9. The first-order valence-electron chi connectivity index (χ1n) is 6.12. The van der Waals surface area contributed by atoms with E-state index in [1.54, 1.807) is 0 Å². The predicted octanol–water partition coefficient (Wildman–Crippen LogP) is 2.91. The molecule has 0 aromatic carbocycles. The Balaban J connectivity index is 1.95. The van der Waals surface area contributed by atoms with Gasteiger partial charge in [-0.25, -0.2) is 0 Å². The number of alkyl halides is 1. The molecule has 0 spiro atoms. The minimum Gasteiger partial charge on any atom is -0.380 e. The van der Waals surface area contributed by atoms with Gasteiger partial charge in [0.15, 0.2) is 0 Å². The first kappa shape index (κ1) is 13.5. The molecule has 1 aliphatic rings. The summed E-state index contributed by atoms with van der Waals surface area (Å²) in [7, 11) is 0. The Labute approximate surface area is 102 Å². The molecule has 0 aromatic rings. The molecule has 0 amide bonds. The molecule has 0 aromatic heterocycles. The molecule has 0 N–H and O–H groups in total. The lowest BCUT2D eigenvalue weighted by molar-refractivity contribution is 0.0909. The molecule has 1 rings (SSSR count). The normalized spacial score (nSPS) is 23.6. The van der Waals surface area contributed by atoms with Crippen LogP contribution in [0.4, 0.5) is 0 Å². The van der Waals surface area contributed by atoms with Crippen LogP contribution in [0, 0.1) is 5.92 Å². The smallest absolute Gasteiger partial charge is 0.0593 e. The van der Waals surface area contributed by atoms with Crippen molar-refractivity contribution in [1.29, 1.82) is 0 Å². The fourth-order valence-electron chi connectivity index (χ4n) is 1.82. The van der Waals surface area contributed by atoms with Gasteiger partial charge in [0.05, 0.1) is 6.61 Å². The summed E-state index contributed by atoms with van der Waals surface area (Å²) in [4.78, 5) is 3.19. The maximum Gasteiger partial charge on any atom is 0.0593 e. The van der Waals surface area contributed by atoms with Gasteiger partial charge in [0.25, 0.3) is 0 Å². The van der Waals surface area contributed by atoms with Gasteiger partial charge in [-0.05, 0) is 31.7 Å². The molecule has 0 bridgehead atoms. The minimum atomic E-state index is 0.696. The fourth-order valence-corrected chi connectivity index (χ4v) is 2.55. The lowest BCUT2D eigenvalue weighted by Gasteiger charge is -2.29. The Morgan fingerprint density at radius 3 is 2.87 bits per heavy atom. The van der Waals surface area contributed by atoms with Crippen LogP contribution in [0.1, 0.15) is 33.1 Å². The Hall–Kier alpha value is 0.400. The summed E-state index contributed by atoms with van der Waals surface area (Å²) in [5, 5.41) is 0. The van der Waals surface area contributed by atoms with Crippen LogP contribution in [-0.2, 0) is 4.74 Å². The molecule has 1 aliphatic heterocycles. The van der Waals surface area contributed by atoms with Crippen molar-refractivity contribution in [3.63, 3.8) is 0 Å². The van der Waals surface area contributed by atoms with Crippen molar-refractivity contribution in [2.75, 3.05) is 32.8 Å². The van der Waals surface area contributed by atoms with Crippen LogP contribution in [-0.4, -0.2) is 42.6 Å². The van der Waals surface area contributed by atoms with Gasteiger partial charge in [0, 0.05) is 24.5 Å². The highest BCUT2D eigenvalue weighted by Crippen LogP contribution is 2.16. The molecule has 1 heterocycles. The van der Waals surface area contributed by atoms with E-state index in [2.05, 4.69) is 34.7 Å². The van der Waals surface area contributed by atoms with Crippen LogP contribution >= 0.6 is 15.9 Å². The van der Waals surface area contributed by atoms with E-state index in [9.17, 15) is 0 Å². The first-order valence-corrected chi connectivity index (χ1v) is 7.04. The largest absolute Gasteiger partial charge is 0.380 e. The lowest BCUT2D eigenvalue weighted by Crippen LogP contribution is -2.37. The van der Waals surface area contributed by atoms with Crippen molar-refractivity contribution < 1.29 is 4.74 Å². The summed E-state index contributed by atoms with van der Waals surface area (Å²) in [5.74, 6) is 0.756. The van der Waals surface area contributed by atoms with Crippen molar-refractivity contribution in [1.82, 2.24) is 4.90 Å². The number of hydrogen-bond donors (Lipinski definition) is 0. The molecule has 1 fully saturated rings. The van der Waals surface area contributed by atoms with Gasteiger partial charge in [0.1, 0.15) is 0 Å². The van der Waals surface area contributed by atoms with Crippen LogP contribution in [0.25, 0.3) is 0 Å². The zero-order chi connectivity index (χ0) is 11.1. The summed E-state index contributed by atoms with van der Waals surface area (Å²) >= 11 is 3.69. The van der Waals surface area contributed by atoms with E-state index < -0.39 is 0 Å². The second kappa shape index (κ2) is 7.64. The van der Waals surface area contributed by atoms with Gasteiger partial charge in [-0.2, -0.15) is 0 Å². The van der Waals surface area contributed by atoms with Crippen molar-refractivity contribution in [3.8, 4) is 0 Å². The Bertz CT molecular complexity index is 164. The molecule has 0 saturated carbocycles. The summed E-state index contributed by atoms with van der Waals surface area (Å²) < 4.78 is 5.63. The van der Waals surface area contributed by atoms with Crippen LogP contribution in [0.15, 0.2) is 0 Å². The number of piperidine rings is 1. The summed E-state index contributed by atoms with van der Waals surface area (Å²) in [5.41, 5.74) is 0. The highest BCUT2D eigenvalue weighted by Gasteiger charge is 2.16. The van der Waals surface area contributed by atoms with E-state index in [0.717, 1.165) is 25.7 Å². The number of halogens is 1. The summed E-state index contributed by atoms with van der Waals surface area (Å²) in [6.45, 7) is 9.83. The average Bonchev–Trinajstić information content (AvgIpc) is 2.17. The standard InChI is InChI=1S/C12H24BrNO/c1-11(2)5-8-15-9-7-14-6-3-4-12(13)10-14/h11-12H,3-10H2,1-2H3. The maximum atomic E-state index is 5.63. The molecule has 90 valence electrons. The van der Waals surface area contributed by atoms with Gasteiger partial charge in [-0.3, -0.25) is 4.90 Å². The van der Waals surface area contributed by atoms with Crippen LogP contribution < -0.4 is 0 Å². The summed E-state index contributed by atoms with van der Waals surface area (Å²) in [6, 6.07) is 0. The van der Waals surface area contributed by atoms with E-state index in [4.69, 9.17) is 4.74 Å². The quantitative estimate of drug-likeness (QED) is 0.547. The summed E-state index contributed by atoms with van der Waals surface area (Å²) in [6.07, 6.45) is 3.83. The van der Waals surface area contributed by atoms with Crippen LogP contribution in [0.2, 0.25) is 0 Å². The van der Waals surface area contributed by atoms with Gasteiger partial charge in [0.2, 0.25) is 0 Å². The first-order chi connectivity index (χ1) is 7.18. The van der Waals surface area contributed by atoms with Gasteiger partial charge in [-0.1, -0.05) is 29.8 Å². The van der Waals surface area contributed by atoms with E-state index in [1.165, 1.54) is 32.4 Å². The molecule has 1 unspecified atom stereocenters. The van der Waals surface area contributed by atoms with Crippen LogP contribution in [0.3, 0.4) is 0 Å². The van der Waals surface area contributed by atoms with Gasteiger partial charge < -0.3 is 4.74 Å². The third-order valence-corrected chi connectivity index (χ3v) is 3.59. The Morgan fingerprint density at radius 2 is 2.20 bits per heavy atom. The number of hydrogen-bond acceptors (Lipinski definition) is 2. The molecule has 0 radical (unpaired) electrons. The highest BCUT2D eigenvalue weighted by molar-refractivity contribution is 9.09. The SMILES string of the molecule is CC(C)CCOCCN1CCCC(Br)C1. The average molecular weight is 278 g/mol. The van der Waals surface area contributed by atoms with Crippen molar-refractivity contribution in [2.45, 2.75) is 37.9 Å². The van der Waals surface area contributed by atoms with E-state index in [-0.39, 0.29) is 0 Å². The van der Waals surface area contributed by atoms with Crippen LogP contribution in [0.5, 0.6) is 0 Å². The van der Waals surface area contributed by atoms with Gasteiger partial charge >= 0.3 is 0 Å². The Kier molecular flexibility index (Phi) is 6.86. The predicted molar refractivity (Wildman–Crippen MR) is 68.7 cm³/mol. The van der Waals surface area contributed by atoms with E-state index >= 15 is 0 Å². The van der Waals surface area contributed by atoms with Crippen molar-refractivity contribution in [3.05, 3.63) is 0 Å². The molecule has 1 atom stereocenters. The number of nitrogens with zero attached hydrogens (tertiary/aromatic N) is 1. The van der Waals surface area contributed by atoms with Crippen molar-refractivity contribution in [2.24, 2.45) is 5.92 Å². The third-order valence-electron chi connectivity index (χ3n) is 2.84.